The lowest BCUT2D eigenvalue weighted by atomic mass is 10.1. The van der Waals surface area contributed by atoms with Crippen LogP contribution in [0.3, 0.4) is 0 Å². The average molecular weight is 337 g/mol. The number of tetrazole rings is 1. The number of rotatable bonds is 4. The van der Waals surface area contributed by atoms with Gasteiger partial charge in [0.05, 0.1) is 12.0 Å². The van der Waals surface area contributed by atoms with Gasteiger partial charge in [0, 0.05) is 10.0 Å². The normalized spacial score (nSPS) is 16.1. The summed E-state index contributed by atoms with van der Waals surface area (Å²) < 4.78 is 2.48. The zero-order valence-electron chi connectivity index (χ0n) is 10.9. The third-order valence-electron chi connectivity index (χ3n) is 3.66. The van der Waals surface area contributed by atoms with Gasteiger partial charge in [-0.15, -0.1) is 5.10 Å². The van der Waals surface area contributed by atoms with Gasteiger partial charge in [0.25, 0.3) is 0 Å². The standard InChI is InChI=1S/C13H13BrN4O2/c1-8-2-3-9(10(14)6-8)11-15-16-17-18(11)7-13(4-5-13)12(19)20/h2-3,6H,4-5,7H2,1H3,(H,19,20). The van der Waals surface area contributed by atoms with Crippen molar-refractivity contribution in [2.75, 3.05) is 0 Å². The van der Waals surface area contributed by atoms with Gasteiger partial charge in [0.15, 0.2) is 5.82 Å². The maximum Gasteiger partial charge on any atom is 0.311 e. The van der Waals surface area contributed by atoms with Crippen LogP contribution in [-0.4, -0.2) is 31.3 Å². The van der Waals surface area contributed by atoms with Crippen LogP contribution in [0.25, 0.3) is 11.4 Å². The molecule has 1 aromatic heterocycles. The first-order valence-electron chi connectivity index (χ1n) is 6.28. The summed E-state index contributed by atoms with van der Waals surface area (Å²) in [5.41, 5.74) is 1.30. The van der Waals surface area contributed by atoms with Crippen molar-refractivity contribution in [3.8, 4) is 11.4 Å². The Balaban J connectivity index is 1.96. The molecule has 0 amide bonds. The quantitative estimate of drug-likeness (QED) is 0.926. The van der Waals surface area contributed by atoms with Crippen LogP contribution in [0.2, 0.25) is 0 Å². The number of hydrogen-bond donors (Lipinski definition) is 1. The van der Waals surface area contributed by atoms with E-state index in [1.54, 1.807) is 4.68 Å². The number of halogens is 1. The molecule has 0 unspecified atom stereocenters. The summed E-state index contributed by atoms with van der Waals surface area (Å²) in [5, 5.41) is 20.9. The van der Waals surface area contributed by atoms with Gasteiger partial charge in [-0.1, -0.05) is 22.0 Å². The summed E-state index contributed by atoms with van der Waals surface area (Å²) >= 11 is 3.50. The van der Waals surface area contributed by atoms with E-state index in [1.807, 2.05) is 25.1 Å². The molecule has 0 spiro atoms. The van der Waals surface area contributed by atoms with Crippen LogP contribution < -0.4 is 0 Å². The van der Waals surface area contributed by atoms with Gasteiger partial charge in [-0.05, 0) is 47.9 Å². The van der Waals surface area contributed by atoms with Gasteiger partial charge >= 0.3 is 5.97 Å². The molecule has 0 aliphatic heterocycles. The zero-order chi connectivity index (χ0) is 14.3. The van der Waals surface area contributed by atoms with Crippen molar-refractivity contribution in [3.63, 3.8) is 0 Å². The van der Waals surface area contributed by atoms with Gasteiger partial charge in [-0.25, -0.2) is 4.68 Å². The van der Waals surface area contributed by atoms with Crippen molar-refractivity contribution >= 4 is 21.9 Å². The number of aliphatic carboxylic acids is 1. The van der Waals surface area contributed by atoms with Crippen LogP contribution in [0.1, 0.15) is 18.4 Å². The first-order chi connectivity index (χ1) is 9.52. The molecule has 1 N–H and O–H groups in total. The summed E-state index contributed by atoms with van der Waals surface area (Å²) in [6.45, 7) is 2.31. The minimum Gasteiger partial charge on any atom is -0.481 e. The Kier molecular flexibility index (Phi) is 3.08. The first-order valence-corrected chi connectivity index (χ1v) is 7.07. The Hall–Kier alpha value is -1.76. The summed E-state index contributed by atoms with van der Waals surface area (Å²) in [4.78, 5) is 11.3. The fourth-order valence-corrected chi connectivity index (χ4v) is 2.85. The van der Waals surface area contributed by atoms with E-state index in [2.05, 4.69) is 31.5 Å². The Labute approximate surface area is 123 Å². The topological polar surface area (TPSA) is 80.9 Å². The van der Waals surface area contributed by atoms with Crippen LogP contribution >= 0.6 is 15.9 Å². The number of hydrogen-bond acceptors (Lipinski definition) is 4. The van der Waals surface area contributed by atoms with Crippen LogP contribution in [-0.2, 0) is 11.3 Å². The maximum absolute atomic E-state index is 11.3. The highest BCUT2D eigenvalue weighted by Crippen LogP contribution is 2.47. The molecule has 104 valence electrons. The number of carboxylic acids is 1. The molecular formula is C13H13BrN4O2. The molecular weight excluding hydrogens is 324 g/mol. The Morgan fingerprint density at radius 1 is 1.50 bits per heavy atom. The number of carboxylic acid groups (broad SMARTS) is 1. The van der Waals surface area contributed by atoms with Crippen molar-refractivity contribution in [1.82, 2.24) is 20.2 Å². The van der Waals surface area contributed by atoms with Crippen molar-refractivity contribution in [2.24, 2.45) is 5.41 Å². The second-order valence-electron chi connectivity index (χ2n) is 5.23. The molecule has 1 saturated carbocycles. The molecule has 7 heteroatoms. The van der Waals surface area contributed by atoms with E-state index >= 15 is 0 Å². The molecule has 1 aliphatic carbocycles. The van der Waals surface area contributed by atoms with E-state index < -0.39 is 11.4 Å². The van der Waals surface area contributed by atoms with E-state index in [1.165, 1.54) is 0 Å². The Morgan fingerprint density at radius 2 is 2.25 bits per heavy atom. The van der Waals surface area contributed by atoms with Crippen molar-refractivity contribution in [3.05, 3.63) is 28.2 Å². The minimum absolute atomic E-state index is 0.310. The van der Waals surface area contributed by atoms with E-state index in [0.717, 1.165) is 15.6 Å². The van der Waals surface area contributed by atoms with Crippen LogP contribution in [0, 0.1) is 12.3 Å². The second kappa shape index (κ2) is 4.66. The lowest BCUT2D eigenvalue weighted by molar-refractivity contribution is -0.144. The lowest BCUT2D eigenvalue weighted by Gasteiger charge is -2.11. The molecule has 20 heavy (non-hydrogen) atoms. The Bertz CT molecular complexity index is 679. The lowest BCUT2D eigenvalue weighted by Crippen LogP contribution is -2.22. The highest BCUT2D eigenvalue weighted by atomic mass is 79.9. The summed E-state index contributed by atoms with van der Waals surface area (Å²) in [6, 6.07) is 5.89. The van der Waals surface area contributed by atoms with E-state index in [-0.39, 0.29) is 0 Å². The van der Waals surface area contributed by atoms with Crippen LogP contribution in [0.4, 0.5) is 0 Å². The molecule has 0 radical (unpaired) electrons. The average Bonchev–Trinajstić information content (AvgIpc) is 3.03. The third-order valence-corrected chi connectivity index (χ3v) is 4.31. The molecule has 0 bridgehead atoms. The Morgan fingerprint density at radius 3 is 2.85 bits per heavy atom. The zero-order valence-corrected chi connectivity index (χ0v) is 12.5. The van der Waals surface area contributed by atoms with E-state index in [0.29, 0.717) is 25.2 Å². The monoisotopic (exact) mass is 336 g/mol. The number of aryl methyl sites for hydroxylation is 1. The molecule has 2 aromatic rings. The SMILES string of the molecule is Cc1ccc(-c2nnnn2CC2(C(=O)O)CC2)c(Br)c1. The molecule has 1 heterocycles. The summed E-state index contributed by atoms with van der Waals surface area (Å²) in [5.74, 6) is -0.189. The predicted octanol–water partition coefficient (Wildman–Crippen LogP) is 2.28. The minimum atomic E-state index is -0.776. The molecule has 3 rings (SSSR count). The van der Waals surface area contributed by atoms with Gasteiger partial charge in [0.1, 0.15) is 0 Å². The predicted molar refractivity (Wildman–Crippen MR) is 75.0 cm³/mol. The molecule has 0 atom stereocenters. The highest BCUT2D eigenvalue weighted by molar-refractivity contribution is 9.10. The van der Waals surface area contributed by atoms with Crippen LogP contribution in [0.15, 0.2) is 22.7 Å². The smallest absolute Gasteiger partial charge is 0.311 e. The third kappa shape index (κ3) is 2.22. The number of nitrogens with zero attached hydrogens (tertiary/aromatic N) is 4. The molecule has 1 aromatic carbocycles. The highest BCUT2D eigenvalue weighted by Gasteiger charge is 2.51. The largest absolute Gasteiger partial charge is 0.481 e. The number of aromatic nitrogens is 4. The first kappa shape index (κ1) is 13.2. The number of carbonyl (C=O) groups is 1. The summed E-state index contributed by atoms with van der Waals surface area (Å²) in [7, 11) is 0. The fourth-order valence-electron chi connectivity index (χ4n) is 2.18. The van der Waals surface area contributed by atoms with Crippen molar-refractivity contribution in [2.45, 2.75) is 26.3 Å². The van der Waals surface area contributed by atoms with Gasteiger partial charge in [0.2, 0.25) is 0 Å². The van der Waals surface area contributed by atoms with E-state index in [4.69, 9.17) is 0 Å². The van der Waals surface area contributed by atoms with E-state index in [9.17, 15) is 9.90 Å². The van der Waals surface area contributed by atoms with Crippen molar-refractivity contribution in [1.29, 1.82) is 0 Å². The molecule has 0 saturated heterocycles. The molecule has 1 fully saturated rings. The van der Waals surface area contributed by atoms with Crippen LogP contribution in [0.5, 0.6) is 0 Å². The van der Waals surface area contributed by atoms with Gasteiger partial charge in [-0.3, -0.25) is 4.79 Å². The van der Waals surface area contributed by atoms with Gasteiger partial charge in [-0.2, -0.15) is 0 Å². The summed E-state index contributed by atoms with van der Waals surface area (Å²) in [6.07, 6.45) is 1.35. The van der Waals surface area contributed by atoms with Gasteiger partial charge < -0.3 is 5.11 Å². The van der Waals surface area contributed by atoms with Crippen molar-refractivity contribution < 1.29 is 9.90 Å². The molecule has 6 nitrogen and oxygen atoms in total. The molecule has 1 aliphatic rings. The number of benzene rings is 1. The maximum atomic E-state index is 11.3. The second-order valence-corrected chi connectivity index (χ2v) is 6.08. The fraction of sp³-hybridized carbons (Fsp3) is 0.385.